The van der Waals surface area contributed by atoms with Gasteiger partial charge in [-0.1, -0.05) is 53.4 Å². The van der Waals surface area contributed by atoms with Crippen molar-refractivity contribution in [3.05, 3.63) is 0 Å². The normalized spacial score (nSPS) is 23.6. The zero-order valence-electron chi connectivity index (χ0n) is 13.2. The van der Waals surface area contributed by atoms with E-state index >= 15 is 0 Å². The molecular formula is C16H29NO3. The smallest absolute Gasteiger partial charge is 0.307 e. The minimum atomic E-state index is -0.858. The molecule has 0 heterocycles. The highest BCUT2D eigenvalue weighted by molar-refractivity contribution is 5.91. The molecule has 0 spiro atoms. The van der Waals surface area contributed by atoms with E-state index in [1.54, 1.807) is 0 Å². The predicted octanol–water partition coefficient (Wildman–Crippen LogP) is 3.07. The lowest BCUT2D eigenvalue weighted by molar-refractivity contribution is -0.140. The molecule has 1 saturated carbocycles. The molecule has 1 fully saturated rings. The highest BCUT2D eigenvalue weighted by Gasteiger charge is 2.65. The molecule has 4 heteroatoms. The second-order valence-electron chi connectivity index (χ2n) is 7.00. The van der Waals surface area contributed by atoms with Crippen molar-refractivity contribution < 1.29 is 14.7 Å². The minimum absolute atomic E-state index is 0.0930. The first-order valence-electron chi connectivity index (χ1n) is 7.79. The van der Waals surface area contributed by atoms with Crippen LogP contribution in [0.1, 0.15) is 59.8 Å². The van der Waals surface area contributed by atoms with Crippen LogP contribution in [0.25, 0.3) is 0 Å². The summed E-state index contributed by atoms with van der Waals surface area (Å²) in [5.74, 6) is -1.07. The van der Waals surface area contributed by atoms with Crippen molar-refractivity contribution in [1.82, 2.24) is 5.32 Å². The van der Waals surface area contributed by atoms with Crippen LogP contribution in [0.5, 0.6) is 0 Å². The van der Waals surface area contributed by atoms with Gasteiger partial charge >= 0.3 is 5.97 Å². The Morgan fingerprint density at radius 3 is 2.20 bits per heavy atom. The number of carbonyl (C=O) groups is 2. The lowest BCUT2D eigenvalue weighted by Gasteiger charge is -2.07. The van der Waals surface area contributed by atoms with Crippen molar-refractivity contribution in [2.24, 2.45) is 23.2 Å². The lowest BCUT2D eigenvalue weighted by Crippen LogP contribution is -2.28. The van der Waals surface area contributed by atoms with Crippen molar-refractivity contribution >= 4 is 11.9 Å². The fraction of sp³-hybridized carbons (Fsp3) is 0.875. The van der Waals surface area contributed by atoms with Crippen molar-refractivity contribution in [1.29, 1.82) is 0 Å². The van der Waals surface area contributed by atoms with E-state index in [4.69, 9.17) is 5.11 Å². The minimum Gasteiger partial charge on any atom is -0.481 e. The molecule has 4 nitrogen and oxygen atoms in total. The summed E-state index contributed by atoms with van der Waals surface area (Å²) in [4.78, 5) is 23.0. The molecule has 1 aliphatic rings. The second-order valence-corrected chi connectivity index (χ2v) is 7.00. The maximum absolute atomic E-state index is 11.9. The molecule has 116 valence electrons. The van der Waals surface area contributed by atoms with E-state index in [2.05, 4.69) is 19.2 Å². The highest BCUT2D eigenvalue weighted by atomic mass is 16.4. The fourth-order valence-corrected chi connectivity index (χ4v) is 2.94. The summed E-state index contributed by atoms with van der Waals surface area (Å²) in [6.45, 7) is 8.83. The van der Waals surface area contributed by atoms with Crippen LogP contribution in [0.3, 0.4) is 0 Å². The van der Waals surface area contributed by atoms with E-state index in [0.717, 1.165) is 18.8 Å². The quantitative estimate of drug-likeness (QED) is 0.639. The Balaban J connectivity index is 2.11. The second kappa shape index (κ2) is 7.09. The molecule has 0 aromatic rings. The molecule has 2 atom stereocenters. The van der Waals surface area contributed by atoms with Crippen LogP contribution in [0.4, 0.5) is 0 Å². The van der Waals surface area contributed by atoms with Gasteiger partial charge in [0.25, 0.3) is 0 Å². The number of aliphatic carboxylic acids is 1. The summed E-state index contributed by atoms with van der Waals surface area (Å²) < 4.78 is 0. The Hall–Kier alpha value is -1.06. The van der Waals surface area contributed by atoms with Gasteiger partial charge in [-0.05, 0) is 17.8 Å². The van der Waals surface area contributed by atoms with Gasteiger partial charge in [0.2, 0.25) is 5.91 Å². The number of carboxylic acid groups (broad SMARTS) is 1. The average molecular weight is 283 g/mol. The molecular weight excluding hydrogens is 254 g/mol. The van der Waals surface area contributed by atoms with Gasteiger partial charge in [0.1, 0.15) is 0 Å². The summed E-state index contributed by atoms with van der Waals surface area (Å²) >= 11 is 0. The molecule has 0 unspecified atom stereocenters. The Bertz CT molecular complexity index is 350. The zero-order valence-corrected chi connectivity index (χ0v) is 13.2. The average Bonchev–Trinajstić information content (AvgIpc) is 2.90. The highest BCUT2D eigenvalue weighted by Crippen LogP contribution is 2.58. The van der Waals surface area contributed by atoms with Gasteiger partial charge in [-0.25, -0.2) is 0 Å². The van der Waals surface area contributed by atoms with E-state index in [1.807, 2.05) is 13.8 Å². The molecule has 0 radical (unpaired) electrons. The number of carboxylic acids is 1. The van der Waals surface area contributed by atoms with Crippen LogP contribution in [-0.2, 0) is 9.59 Å². The number of hydrogen-bond acceptors (Lipinski definition) is 2. The number of hydrogen-bond donors (Lipinski definition) is 2. The Kier molecular flexibility index (Phi) is 6.03. The number of carbonyl (C=O) groups excluding carboxylic acids is 1. The first-order chi connectivity index (χ1) is 9.28. The molecule has 0 aliphatic heterocycles. The summed E-state index contributed by atoms with van der Waals surface area (Å²) in [6.07, 6.45) is 5.84. The predicted molar refractivity (Wildman–Crippen MR) is 79.3 cm³/mol. The van der Waals surface area contributed by atoms with Crippen molar-refractivity contribution in [2.75, 3.05) is 6.54 Å². The maximum atomic E-state index is 11.9. The van der Waals surface area contributed by atoms with Crippen LogP contribution >= 0.6 is 0 Å². The van der Waals surface area contributed by atoms with Crippen molar-refractivity contribution in [2.45, 2.75) is 59.8 Å². The molecule has 0 saturated heterocycles. The first kappa shape index (κ1) is 17.0. The molecule has 1 amide bonds. The van der Waals surface area contributed by atoms with Gasteiger partial charge in [-0.15, -0.1) is 0 Å². The van der Waals surface area contributed by atoms with Gasteiger partial charge < -0.3 is 10.4 Å². The fourth-order valence-electron chi connectivity index (χ4n) is 2.94. The van der Waals surface area contributed by atoms with Crippen LogP contribution in [0.2, 0.25) is 0 Å². The monoisotopic (exact) mass is 283 g/mol. The van der Waals surface area contributed by atoms with Gasteiger partial charge in [-0.3, -0.25) is 9.59 Å². The van der Waals surface area contributed by atoms with E-state index in [-0.39, 0.29) is 11.8 Å². The van der Waals surface area contributed by atoms with Gasteiger partial charge in [0.15, 0.2) is 0 Å². The van der Waals surface area contributed by atoms with E-state index in [9.17, 15) is 9.59 Å². The van der Waals surface area contributed by atoms with Crippen LogP contribution in [-0.4, -0.2) is 23.5 Å². The third kappa shape index (κ3) is 4.50. The number of nitrogens with one attached hydrogen (secondary N) is 1. The van der Waals surface area contributed by atoms with E-state index in [1.165, 1.54) is 19.3 Å². The Morgan fingerprint density at radius 2 is 1.70 bits per heavy atom. The van der Waals surface area contributed by atoms with Crippen molar-refractivity contribution in [3.63, 3.8) is 0 Å². The molecule has 1 aliphatic carbocycles. The molecule has 0 aromatic carbocycles. The maximum Gasteiger partial charge on any atom is 0.307 e. The third-order valence-corrected chi connectivity index (χ3v) is 4.38. The number of amides is 1. The lowest BCUT2D eigenvalue weighted by atomic mass is 10.0. The van der Waals surface area contributed by atoms with Gasteiger partial charge in [-0.2, -0.15) is 0 Å². The summed E-state index contributed by atoms with van der Waals surface area (Å²) in [7, 11) is 0. The topological polar surface area (TPSA) is 66.4 Å². The largest absolute Gasteiger partial charge is 0.481 e. The summed E-state index contributed by atoms with van der Waals surface area (Å²) in [5, 5.41) is 11.9. The standard InChI is InChI=1S/C16H29NO3/c1-11(2)9-7-5-6-8-10-17-14(18)12-13(15(19)20)16(12,3)4/h11-13H,5-10H2,1-4H3,(H,17,18)(H,19,20)/t12-,13+/m1/s1. The van der Waals surface area contributed by atoms with Gasteiger partial charge in [0.05, 0.1) is 11.8 Å². The summed E-state index contributed by atoms with van der Waals surface area (Å²) in [6, 6.07) is 0. The van der Waals surface area contributed by atoms with E-state index < -0.39 is 17.3 Å². The van der Waals surface area contributed by atoms with Crippen molar-refractivity contribution in [3.8, 4) is 0 Å². The SMILES string of the molecule is CC(C)CCCCCCNC(=O)[C@H]1[C@@H](C(=O)O)C1(C)C. The van der Waals surface area contributed by atoms with Gasteiger partial charge in [0, 0.05) is 6.54 Å². The van der Waals surface area contributed by atoms with Crippen LogP contribution < -0.4 is 5.32 Å². The third-order valence-electron chi connectivity index (χ3n) is 4.38. The Labute approximate surface area is 122 Å². The molecule has 1 rings (SSSR count). The molecule has 0 bridgehead atoms. The molecule has 20 heavy (non-hydrogen) atoms. The Morgan fingerprint density at radius 1 is 1.10 bits per heavy atom. The molecule has 0 aromatic heterocycles. The zero-order chi connectivity index (χ0) is 15.3. The molecule has 2 N–H and O–H groups in total. The van der Waals surface area contributed by atoms with Crippen LogP contribution in [0, 0.1) is 23.2 Å². The summed E-state index contributed by atoms with van der Waals surface area (Å²) in [5.41, 5.74) is -0.396. The number of unbranched alkanes of at least 4 members (excludes halogenated alkanes) is 3. The van der Waals surface area contributed by atoms with E-state index in [0.29, 0.717) is 6.54 Å². The first-order valence-corrected chi connectivity index (χ1v) is 7.79. The number of rotatable bonds is 9. The van der Waals surface area contributed by atoms with Crippen LogP contribution in [0.15, 0.2) is 0 Å².